The lowest BCUT2D eigenvalue weighted by Gasteiger charge is -2.19. The highest BCUT2D eigenvalue weighted by atomic mass is 16.4. The topological polar surface area (TPSA) is 98.0 Å². The summed E-state index contributed by atoms with van der Waals surface area (Å²) in [6.45, 7) is 2.12. The highest BCUT2D eigenvalue weighted by molar-refractivity contribution is 5.66. The molecule has 0 bridgehead atoms. The normalized spacial score (nSPS) is 28.2. The average molecular weight is 354 g/mol. The molecular formula is C20H34O5. The number of aliphatic carboxylic acids is 1. The lowest BCUT2D eigenvalue weighted by Crippen LogP contribution is -2.20. The number of allylic oxidation sites excluding steroid dienone is 2. The van der Waals surface area contributed by atoms with Crippen molar-refractivity contribution < 1.29 is 25.2 Å². The zero-order chi connectivity index (χ0) is 18.7. The van der Waals surface area contributed by atoms with Gasteiger partial charge in [-0.3, -0.25) is 4.79 Å². The van der Waals surface area contributed by atoms with Crippen LogP contribution in [0, 0.1) is 11.8 Å². The second-order valence-electron chi connectivity index (χ2n) is 7.05. The van der Waals surface area contributed by atoms with Crippen molar-refractivity contribution in [2.24, 2.45) is 11.8 Å². The van der Waals surface area contributed by atoms with E-state index in [0.29, 0.717) is 25.7 Å². The molecule has 1 aliphatic rings. The van der Waals surface area contributed by atoms with Crippen molar-refractivity contribution in [2.75, 3.05) is 0 Å². The van der Waals surface area contributed by atoms with Crippen molar-refractivity contribution in [2.45, 2.75) is 83.0 Å². The van der Waals surface area contributed by atoms with Gasteiger partial charge in [-0.05, 0) is 31.6 Å². The van der Waals surface area contributed by atoms with E-state index >= 15 is 0 Å². The molecule has 5 nitrogen and oxygen atoms in total. The Labute approximate surface area is 151 Å². The Balaban J connectivity index is 2.46. The van der Waals surface area contributed by atoms with E-state index in [4.69, 9.17) is 5.11 Å². The summed E-state index contributed by atoms with van der Waals surface area (Å²) < 4.78 is 0. The highest BCUT2D eigenvalue weighted by Crippen LogP contribution is 2.36. The smallest absolute Gasteiger partial charge is 0.303 e. The fourth-order valence-electron chi connectivity index (χ4n) is 3.41. The molecule has 0 amide bonds. The van der Waals surface area contributed by atoms with Gasteiger partial charge in [0.1, 0.15) is 0 Å². The first-order valence-corrected chi connectivity index (χ1v) is 9.55. The standard InChI is InChI=1S/C20H34O5/c1-2-3-6-9-15(21)12-13-17-16(18(22)14-19(17)23)10-7-4-5-8-11-20(24)25/h4,7,12-13,15-19,21-23H,2-3,5-6,8-11,14H2,1H3,(H,24,25)/b7-4+,13-12-/t15-,16+,17+,18+,19+/m0/s1. The van der Waals surface area contributed by atoms with Crippen molar-refractivity contribution in [3.05, 3.63) is 24.3 Å². The molecule has 1 fully saturated rings. The van der Waals surface area contributed by atoms with Crippen LogP contribution in [-0.2, 0) is 4.79 Å². The third-order valence-corrected chi connectivity index (χ3v) is 4.91. The van der Waals surface area contributed by atoms with E-state index < -0.39 is 24.3 Å². The SMILES string of the molecule is CCCCC[C@H](O)/C=C\[C@@H]1[C@@H](C/C=C/CCCC(=O)O)[C@H](O)C[C@H]1O. The number of hydrogen-bond acceptors (Lipinski definition) is 4. The van der Waals surface area contributed by atoms with Crippen LogP contribution < -0.4 is 0 Å². The van der Waals surface area contributed by atoms with Gasteiger partial charge in [0.2, 0.25) is 0 Å². The molecule has 1 saturated carbocycles. The summed E-state index contributed by atoms with van der Waals surface area (Å²) >= 11 is 0. The quantitative estimate of drug-likeness (QED) is 0.319. The number of hydrogen-bond donors (Lipinski definition) is 4. The van der Waals surface area contributed by atoms with E-state index in [9.17, 15) is 20.1 Å². The number of aliphatic hydroxyl groups excluding tert-OH is 3. The minimum Gasteiger partial charge on any atom is -0.481 e. The number of rotatable bonds is 12. The molecule has 5 heteroatoms. The van der Waals surface area contributed by atoms with Crippen molar-refractivity contribution in [1.29, 1.82) is 0 Å². The van der Waals surface area contributed by atoms with Crippen LogP contribution in [0.2, 0.25) is 0 Å². The highest BCUT2D eigenvalue weighted by Gasteiger charge is 2.39. The maximum atomic E-state index is 10.5. The first-order valence-electron chi connectivity index (χ1n) is 9.55. The van der Waals surface area contributed by atoms with Crippen LogP contribution in [0.15, 0.2) is 24.3 Å². The van der Waals surface area contributed by atoms with Crippen molar-refractivity contribution in [1.82, 2.24) is 0 Å². The molecular weight excluding hydrogens is 320 g/mol. The molecule has 0 aromatic carbocycles. The molecule has 1 rings (SSSR count). The number of aliphatic hydroxyl groups is 3. The van der Waals surface area contributed by atoms with Gasteiger partial charge in [0, 0.05) is 18.8 Å². The molecule has 4 N–H and O–H groups in total. The van der Waals surface area contributed by atoms with Crippen LogP contribution >= 0.6 is 0 Å². The lowest BCUT2D eigenvalue weighted by atomic mass is 9.89. The van der Waals surface area contributed by atoms with Crippen LogP contribution in [0.3, 0.4) is 0 Å². The summed E-state index contributed by atoms with van der Waals surface area (Å²) in [7, 11) is 0. The zero-order valence-corrected chi connectivity index (χ0v) is 15.3. The van der Waals surface area contributed by atoms with Gasteiger partial charge in [0.15, 0.2) is 0 Å². The largest absolute Gasteiger partial charge is 0.481 e. The number of carboxylic acid groups (broad SMARTS) is 1. The predicted molar refractivity (Wildman–Crippen MR) is 98.1 cm³/mol. The van der Waals surface area contributed by atoms with Crippen molar-refractivity contribution in [3.63, 3.8) is 0 Å². The predicted octanol–water partition coefficient (Wildman–Crippen LogP) is 3.04. The Kier molecular flexibility index (Phi) is 10.7. The molecule has 0 saturated heterocycles. The average Bonchev–Trinajstić information content (AvgIpc) is 2.82. The second kappa shape index (κ2) is 12.2. The molecule has 25 heavy (non-hydrogen) atoms. The Bertz CT molecular complexity index is 432. The number of carboxylic acids is 1. The van der Waals surface area contributed by atoms with Gasteiger partial charge in [0.25, 0.3) is 0 Å². The van der Waals surface area contributed by atoms with E-state index in [1.54, 1.807) is 6.08 Å². The first kappa shape index (κ1) is 21.9. The summed E-state index contributed by atoms with van der Waals surface area (Å²) in [4.78, 5) is 10.5. The number of carbonyl (C=O) groups is 1. The molecule has 5 atom stereocenters. The summed E-state index contributed by atoms with van der Waals surface area (Å²) in [5.41, 5.74) is 0. The van der Waals surface area contributed by atoms with Gasteiger partial charge in [-0.1, -0.05) is 50.5 Å². The first-order chi connectivity index (χ1) is 12.0. The molecule has 0 radical (unpaired) electrons. The molecule has 144 valence electrons. The lowest BCUT2D eigenvalue weighted by molar-refractivity contribution is -0.137. The molecule has 0 unspecified atom stereocenters. The van der Waals surface area contributed by atoms with Crippen LogP contribution in [0.25, 0.3) is 0 Å². The van der Waals surface area contributed by atoms with E-state index in [0.717, 1.165) is 25.7 Å². The minimum atomic E-state index is -0.787. The fraction of sp³-hybridized carbons (Fsp3) is 0.750. The fourth-order valence-corrected chi connectivity index (χ4v) is 3.41. The van der Waals surface area contributed by atoms with E-state index in [-0.39, 0.29) is 18.3 Å². The third kappa shape index (κ3) is 8.66. The van der Waals surface area contributed by atoms with Crippen LogP contribution in [0.5, 0.6) is 0 Å². The van der Waals surface area contributed by atoms with Crippen LogP contribution in [0.1, 0.15) is 64.7 Å². The van der Waals surface area contributed by atoms with Gasteiger partial charge in [-0.15, -0.1) is 0 Å². The Morgan fingerprint density at radius 1 is 1.16 bits per heavy atom. The summed E-state index contributed by atoms with van der Waals surface area (Å²) in [5.74, 6) is -1.00. The van der Waals surface area contributed by atoms with E-state index in [1.807, 2.05) is 18.2 Å². The van der Waals surface area contributed by atoms with Crippen molar-refractivity contribution >= 4 is 5.97 Å². The second-order valence-corrected chi connectivity index (χ2v) is 7.05. The molecule has 0 aromatic heterocycles. The van der Waals surface area contributed by atoms with Gasteiger partial charge in [0.05, 0.1) is 18.3 Å². The third-order valence-electron chi connectivity index (χ3n) is 4.91. The van der Waals surface area contributed by atoms with E-state index in [2.05, 4.69) is 6.92 Å². The maximum absolute atomic E-state index is 10.5. The van der Waals surface area contributed by atoms with Crippen LogP contribution in [-0.4, -0.2) is 44.7 Å². The van der Waals surface area contributed by atoms with E-state index in [1.165, 1.54) is 0 Å². The molecule has 0 heterocycles. The minimum absolute atomic E-state index is 0.0650. The zero-order valence-electron chi connectivity index (χ0n) is 15.3. The summed E-state index contributed by atoms with van der Waals surface area (Å²) in [6.07, 6.45) is 12.3. The monoisotopic (exact) mass is 354 g/mol. The summed E-state index contributed by atoms with van der Waals surface area (Å²) in [5, 5.41) is 39.0. The van der Waals surface area contributed by atoms with Gasteiger partial charge >= 0.3 is 5.97 Å². The van der Waals surface area contributed by atoms with Crippen molar-refractivity contribution in [3.8, 4) is 0 Å². The molecule has 1 aliphatic carbocycles. The van der Waals surface area contributed by atoms with Crippen LogP contribution in [0.4, 0.5) is 0 Å². The molecule has 0 aliphatic heterocycles. The number of unbranched alkanes of at least 4 members (excludes halogenated alkanes) is 3. The van der Waals surface area contributed by atoms with Gasteiger partial charge in [-0.2, -0.15) is 0 Å². The van der Waals surface area contributed by atoms with Gasteiger partial charge < -0.3 is 20.4 Å². The maximum Gasteiger partial charge on any atom is 0.303 e. The Morgan fingerprint density at radius 3 is 2.60 bits per heavy atom. The van der Waals surface area contributed by atoms with Gasteiger partial charge in [-0.25, -0.2) is 0 Å². The Hall–Kier alpha value is -1.17. The molecule has 0 spiro atoms. The Morgan fingerprint density at radius 2 is 1.92 bits per heavy atom. The molecule has 0 aromatic rings. The summed E-state index contributed by atoms with van der Waals surface area (Å²) in [6, 6.07) is 0.